The number of likely N-dealkylation sites (tertiary alicyclic amines) is 2. The highest BCUT2D eigenvalue weighted by Gasteiger charge is 2.67. The lowest BCUT2D eigenvalue weighted by atomic mass is 9.89. The third-order valence-electron chi connectivity index (χ3n) is 10.9. The number of rotatable bonds is 6. The molecule has 2 aromatic rings. The molecule has 4 aliphatic rings. The second-order valence-electron chi connectivity index (χ2n) is 16.9. The Morgan fingerprint density at radius 1 is 0.686 bits per heavy atom. The van der Waals surface area contributed by atoms with E-state index >= 15 is 0 Å². The standard InChI is InChI=1S/C20H27ClN2O3.C20H29ClN2O2/c1-14(15-9-6-5-7-10-15)23-13-19(22-17(25)26-18(2,3)4)11-8-12-20(19,21)16(23)24;1-15(16-9-6-5-7-10-16)23-13-19(21)11-8-12-20(19,14-23)22-17(24)25-18(2,3)4/h5-7,9-10,14H,8,11-13H2,1-4H3,(H,22,25);5-7,9-10,15H,8,11-14H2,1-4H3,(H,22,24)/t14-,19-,20+;15-,19+,20-/m11/s1. The van der Waals surface area contributed by atoms with Crippen LogP contribution in [-0.2, 0) is 14.3 Å². The summed E-state index contributed by atoms with van der Waals surface area (Å²) in [6.45, 7) is 17.2. The highest BCUT2D eigenvalue weighted by molar-refractivity contribution is 6.37. The second-order valence-corrected chi connectivity index (χ2v) is 18.3. The number of nitrogens with zero attached hydrogens (tertiary/aromatic N) is 2. The van der Waals surface area contributed by atoms with Gasteiger partial charge < -0.3 is 25.0 Å². The molecule has 2 aromatic carbocycles. The van der Waals surface area contributed by atoms with Gasteiger partial charge >= 0.3 is 12.2 Å². The number of alkyl carbamates (subject to hydrolysis) is 2. The van der Waals surface area contributed by atoms with Crippen LogP contribution in [0.25, 0.3) is 0 Å². The van der Waals surface area contributed by atoms with Crippen LogP contribution < -0.4 is 10.6 Å². The van der Waals surface area contributed by atoms with Crippen LogP contribution >= 0.6 is 23.2 Å². The molecule has 2 heterocycles. The van der Waals surface area contributed by atoms with Gasteiger partial charge in [0.2, 0.25) is 5.91 Å². The summed E-state index contributed by atoms with van der Waals surface area (Å²) in [6, 6.07) is 20.5. The van der Waals surface area contributed by atoms with Gasteiger partial charge in [0.15, 0.2) is 0 Å². The minimum atomic E-state index is -1.10. The number of amides is 3. The van der Waals surface area contributed by atoms with Crippen LogP contribution in [0.5, 0.6) is 0 Å². The maximum atomic E-state index is 13.2. The predicted octanol–water partition coefficient (Wildman–Crippen LogP) is 8.50. The van der Waals surface area contributed by atoms with Crippen molar-refractivity contribution < 1.29 is 23.9 Å². The van der Waals surface area contributed by atoms with Crippen molar-refractivity contribution in [3.8, 4) is 0 Å². The molecule has 51 heavy (non-hydrogen) atoms. The van der Waals surface area contributed by atoms with Crippen molar-refractivity contribution >= 4 is 41.3 Å². The Bertz CT molecular complexity index is 1570. The van der Waals surface area contributed by atoms with Crippen molar-refractivity contribution in [3.63, 3.8) is 0 Å². The van der Waals surface area contributed by atoms with E-state index in [1.54, 1.807) is 4.90 Å². The van der Waals surface area contributed by atoms with E-state index in [-0.39, 0.29) is 24.1 Å². The number of alkyl halides is 2. The van der Waals surface area contributed by atoms with Crippen molar-refractivity contribution in [2.75, 3.05) is 19.6 Å². The lowest BCUT2D eigenvalue weighted by Gasteiger charge is -2.36. The van der Waals surface area contributed by atoms with Gasteiger partial charge in [-0.15, -0.1) is 23.2 Å². The smallest absolute Gasteiger partial charge is 0.408 e. The second kappa shape index (κ2) is 14.4. The number of hydrogen-bond donors (Lipinski definition) is 2. The molecule has 2 aliphatic carbocycles. The molecule has 0 spiro atoms. The van der Waals surface area contributed by atoms with Crippen LogP contribution in [0.3, 0.4) is 0 Å². The van der Waals surface area contributed by atoms with Gasteiger partial charge in [-0.05, 0) is 105 Å². The van der Waals surface area contributed by atoms with Crippen LogP contribution in [0.2, 0.25) is 0 Å². The third-order valence-corrected chi connectivity index (χ3v) is 12.3. The number of hydrogen-bond acceptors (Lipinski definition) is 6. The maximum Gasteiger partial charge on any atom is 0.408 e. The van der Waals surface area contributed by atoms with Gasteiger partial charge in [-0.25, -0.2) is 9.59 Å². The van der Waals surface area contributed by atoms with Gasteiger partial charge in [0.05, 0.1) is 22.0 Å². The Balaban J connectivity index is 0.000000198. The summed E-state index contributed by atoms with van der Waals surface area (Å²) in [5.41, 5.74) is -0.00177. The van der Waals surface area contributed by atoms with E-state index in [9.17, 15) is 14.4 Å². The number of halogens is 2. The minimum absolute atomic E-state index is 0.107. The molecule has 6 atom stereocenters. The number of ether oxygens (including phenoxy) is 2. The van der Waals surface area contributed by atoms with E-state index in [1.165, 1.54) is 5.56 Å². The highest BCUT2D eigenvalue weighted by Crippen LogP contribution is 2.53. The summed E-state index contributed by atoms with van der Waals surface area (Å²) >= 11 is 13.9. The first kappa shape index (κ1) is 39.2. The summed E-state index contributed by atoms with van der Waals surface area (Å²) in [5.74, 6) is -0.107. The van der Waals surface area contributed by atoms with Crippen LogP contribution in [0.1, 0.15) is 117 Å². The average Bonchev–Trinajstić information content (AvgIpc) is 3.68. The van der Waals surface area contributed by atoms with Gasteiger partial charge in [0.1, 0.15) is 16.1 Å². The zero-order valence-corrected chi connectivity index (χ0v) is 33.0. The summed E-state index contributed by atoms with van der Waals surface area (Å²) < 4.78 is 10.9. The number of benzene rings is 2. The van der Waals surface area contributed by atoms with Crippen molar-refractivity contribution in [3.05, 3.63) is 71.8 Å². The molecular weight excluding hydrogens is 687 g/mol. The molecule has 11 heteroatoms. The van der Waals surface area contributed by atoms with Gasteiger partial charge in [0.25, 0.3) is 0 Å². The number of nitrogens with one attached hydrogen (secondary N) is 2. The Morgan fingerprint density at radius 3 is 1.69 bits per heavy atom. The fourth-order valence-electron chi connectivity index (χ4n) is 8.34. The molecule has 0 aromatic heterocycles. The molecule has 2 saturated carbocycles. The first-order valence-electron chi connectivity index (χ1n) is 18.3. The summed E-state index contributed by atoms with van der Waals surface area (Å²) in [7, 11) is 0. The van der Waals surface area contributed by atoms with Crippen LogP contribution in [0.15, 0.2) is 60.7 Å². The van der Waals surface area contributed by atoms with Crippen molar-refractivity contribution in [2.45, 2.75) is 138 Å². The summed E-state index contributed by atoms with van der Waals surface area (Å²) in [4.78, 5) is 40.7. The molecule has 0 radical (unpaired) electrons. The predicted molar refractivity (Wildman–Crippen MR) is 202 cm³/mol. The minimum Gasteiger partial charge on any atom is -0.444 e. The number of carbonyl (C=O) groups excluding carboxylic acids is 3. The molecular formula is C40H56Cl2N4O5. The third kappa shape index (κ3) is 8.16. The van der Waals surface area contributed by atoms with Gasteiger partial charge in [-0.2, -0.15) is 0 Å². The Hall–Kier alpha value is -3.01. The number of fused-ring (bicyclic) bond motifs is 2. The number of carbonyl (C=O) groups is 3. The average molecular weight is 744 g/mol. The SMILES string of the molecule is C[C@H](c1ccccc1)N1C[C@@]2(Cl)CCC[C@@]2(NC(=O)OC(C)(C)C)C1.C[C@H](c1ccccc1)N1C[C@]2(NC(=O)OC(C)(C)C)CCC[C@]2(Cl)C1=O. The molecule has 2 saturated heterocycles. The quantitative estimate of drug-likeness (QED) is 0.288. The van der Waals surface area contributed by atoms with Gasteiger partial charge in [0, 0.05) is 25.7 Å². The van der Waals surface area contributed by atoms with Crippen molar-refractivity contribution in [1.29, 1.82) is 0 Å². The lowest BCUT2D eigenvalue weighted by molar-refractivity contribution is -0.131. The fourth-order valence-corrected chi connectivity index (χ4v) is 9.27. The van der Waals surface area contributed by atoms with Crippen LogP contribution in [-0.4, -0.2) is 79.6 Å². The fraction of sp³-hybridized carbons (Fsp3) is 0.625. The highest BCUT2D eigenvalue weighted by atomic mass is 35.5. The van der Waals surface area contributed by atoms with E-state index in [2.05, 4.69) is 46.7 Å². The van der Waals surface area contributed by atoms with Crippen LogP contribution in [0, 0.1) is 0 Å². The first-order valence-corrected chi connectivity index (χ1v) is 19.0. The molecule has 9 nitrogen and oxygen atoms in total. The van der Waals surface area contributed by atoms with E-state index in [0.29, 0.717) is 19.4 Å². The first-order chi connectivity index (χ1) is 23.7. The van der Waals surface area contributed by atoms with Gasteiger partial charge in [-0.3, -0.25) is 9.69 Å². The molecule has 6 rings (SSSR count). The Kier molecular flexibility index (Phi) is 11.1. The Labute approximate surface area is 314 Å². The maximum absolute atomic E-state index is 13.2. The Morgan fingerprint density at radius 2 is 1.16 bits per heavy atom. The summed E-state index contributed by atoms with van der Waals surface area (Å²) in [6.07, 6.45) is 3.99. The van der Waals surface area contributed by atoms with Crippen molar-refractivity contribution in [1.82, 2.24) is 20.4 Å². The van der Waals surface area contributed by atoms with Gasteiger partial charge in [-0.1, -0.05) is 60.7 Å². The zero-order chi connectivity index (χ0) is 37.5. The molecule has 2 N–H and O–H groups in total. The largest absolute Gasteiger partial charge is 0.444 e. The summed E-state index contributed by atoms with van der Waals surface area (Å²) in [5, 5.41) is 6.12. The lowest BCUT2D eigenvalue weighted by Crippen LogP contribution is -2.59. The molecule has 0 unspecified atom stereocenters. The van der Waals surface area contributed by atoms with Crippen molar-refractivity contribution in [2.24, 2.45) is 0 Å². The molecule has 280 valence electrons. The normalized spacial score (nSPS) is 30.1. The van der Waals surface area contributed by atoms with Crippen LogP contribution in [0.4, 0.5) is 9.59 Å². The van der Waals surface area contributed by atoms with E-state index in [4.69, 9.17) is 32.7 Å². The molecule has 2 aliphatic heterocycles. The monoisotopic (exact) mass is 742 g/mol. The molecule has 3 amide bonds. The van der Waals surface area contributed by atoms with E-state index in [1.807, 2.05) is 84.9 Å². The molecule has 0 bridgehead atoms. The van der Waals surface area contributed by atoms with E-state index < -0.39 is 38.1 Å². The van der Waals surface area contributed by atoms with E-state index in [0.717, 1.165) is 44.3 Å². The topological polar surface area (TPSA) is 100 Å². The molecule has 4 fully saturated rings. The zero-order valence-electron chi connectivity index (χ0n) is 31.5.